The number of carbonyl (C=O) groups excluding carboxylic acids is 1. The molecule has 1 atom stereocenters. The van der Waals surface area contributed by atoms with Gasteiger partial charge in [0.15, 0.2) is 0 Å². The predicted octanol–water partition coefficient (Wildman–Crippen LogP) is 4.01. The minimum absolute atomic E-state index is 0.0995. The second-order valence-electron chi connectivity index (χ2n) is 4.48. The highest BCUT2D eigenvalue weighted by atomic mass is 35.5. The number of hydrogen-bond acceptors (Lipinski definition) is 3. The van der Waals surface area contributed by atoms with Crippen LogP contribution in [-0.4, -0.2) is 18.9 Å². The highest BCUT2D eigenvalue weighted by molar-refractivity contribution is 6.31. The Hall–Kier alpha value is -1.29. The molecule has 106 valence electrons. The summed E-state index contributed by atoms with van der Waals surface area (Å²) in [5, 5.41) is 0.586. The lowest BCUT2D eigenvalue weighted by Gasteiger charge is -2.17. The molecular formula is C14H18ClFO3. The van der Waals surface area contributed by atoms with Crippen LogP contribution in [0.2, 0.25) is 5.02 Å². The van der Waals surface area contributed by atoms with Gasteiger partial charge in [0.25, 0.3) is 0 Å². The van der Waals surface area contributed by atoms with E-state index < -0.39 is 12.3 Å². The van der Waals surface area contributed by atoms with Gasteiger partial charge in [-0.2, -0.15) is 4.39 Å². The van der Waals surface area contributed by atoms with Crippen molar-refractivity contribution in [1.29, 1.82) is 0 Å². The Labute approximate surface area is 117 Å². The van der Waals surface area contributed by atoms with Crippen molar-refractivity contribution >= 4 is 17.6 Å². The quantitative estimate of drug-likeness (QED) is 0.768. The van der Waals surface area contributed by atoms with Crippen LogP contribution in [0.25, 0.3) is 0 Å². The molecule has 1 aromatic rings. The SMILES string of the molecule is CCOC(=O)C(F)Oc1cc(C)c(Cl)cc1C(C)C. The van der Waals surface area contributed by atoms with Gasteiger partial charge in [-0.05, 0) is 43.0 Å². The molecule has 0 aliphatic rings. The van der Waals surface area contributed by atoms with Gasteiger partial charge in [-0.3, -0.25) is 0 Å². The molecule has 0 N–H and O–H groups in total. The van der Waals surface area contributed by atoms with E-state index in [1.165, 1.54) is 0 Å². The van der Waals surface area contributed by atoms with E-state index in [2.05, 4.69) is 4.74 Å². The van der Waals surface area contributed by atoms with Crippen LogP contribution in [0.4, 0.5) is 4.39 Å². The molecule has 0 saturated heterocycles. The van der Waals surface area contributed by atoms with Crippen molar-refractivity contribution in [1.82, 2.24) is 0 Å². The first-order chi connectivity index (χ1) is 8.86. The second kappa shape index (κ2) is 6.75. The van der Waals surface area contributed by atoms with E-state index in [4.69, 9.17) is 16.3 Å². The molecule has 0 fully saturated rings. The molecular weight excluding hydrogens is 271 g/mol. The maximum Gasteiger partial charge on any atom is 0.381 e. The Morgan fingerprint density at radius 3 is 2.58 bits per heavy atom. The van der Waals surface area contributed by atoms with Crippen molar-refractivity contribution in [2.45, 2.75) is 40.0 Å². The first-order valence-electron chi connectivity index (χ1n) is 6.14. The summed E-state index contributed by atoms with van der Waals surface area (Å²) in [5.41, 5.74) is 1.51. The maximum absolute atomic E-state index is 13.6. The maximum atomic E-state index is 13.6. The monoisotopic (exact) mass is 288 g/mol. The van der Waals surface area contributed by atoms with Crippen molar-refractivity contribution in [2.75, 3.05) is 6.61 Å². The molecule has 0 amide bonds. The standard InChI is InChI=1S/C14H18ClFO3/c1-5-18-14(17)13(16)19-12-6-9(4)11(15)7-10(12)8(2)3/h6-8,13H,5H2,1-4H3. The molecule has 0 bridgehead atoms. The molecule has 0 aliphatic heterocycles. The van der Waals surface area contributed by atoms with Crippen LogP contribution in [0.3, 0.4) is 0 Å². The summed E-state index contributed by atoms with van der Waals surface area (Å²) in [5.74, 6) is -0.607. The van der Waals surface area contributed by atoms with Crippen LogP contribution >= 0.6 is 11.6 Å². The van der Waals surface area contributed by atoms with Crippen molar-refractivity contribution in [3.8, 4) is 5.75 Å². The lowest BCUT2D eigenvalue weighted by molar-refractivity contribution is -0.159. The average Bonchev–Trinajstić information content (AvgIpc) is 2.33. The van der Waals surface area contributed by atoms with Crippen LogP contribution in [0.5, 0.6) is 5.75 Å². The molecule has 0 aliphatic carbocycles. The summed E-state index contributed by atoms with van der Waals surface area (Å²) < 4.78 is 23.2. The van der Waals surface area contributed by atoms with Crippen LogP contribution in [0, 0.1) is 6.92 Å². The zero-order valence-electron chi connectivity index (χ0n) is 11.5. The molecule has 0 saturated carbocycles. The number of ether oxygens (including phenoxy) is 2. The van der Waals surface area contributed by atoms with Gasteiger partial charge in [0.05, 0.1) is 6.61 Å². The molecule has 5 heteroatoms. The molecule has 0 heterocycles. The Kier molecular flexibility index (Phi) is 5.60. The van der Waals surface area contributed by atoms with E-state index in [1.54, 1.807) is 26.0 Å². The number of alkyl halides is 1. The lowest BCUT2D eigenvalue weighted by Crippen LogP contribution is -2.25. The van der Waals surface area contributed by atoms with Crippen LogP contribution < -0.4 is 4.74 Å². The lowest BCUT2D eigenvalue weighted by atomic mass is 10.0. The molecule has 3 nitrogen and oxygen atoms in total. The van der Waals surface area contributed by atoms with Crippen molar-refractivity contribution < 1.29 is 18.7 Å². The third kappa shape index (κ3) is 4.10. The average molecular weight is 289 g/mol. The van der Waals surface area contributed by atoms with Crippen LogP contribution in [-0.2, 0) is 9.53 Å². The molecule has 1 aromatic carbocycles. The van der Waals surface area contributed by atoms with Crippen molar-refractivity contribution in [3.63, 3.8) is 0 Å². The van der Waals surface area contributed by atoms with Gasteiger partial charge in [0.2, 0.25) is 0 Å². The molecule has 0 radical (unpaired) electrons. The molecule has 0 spiro atoms. The fraction of sp³-hybridized carbons (Fsp3) is 0.500. The smallest absolute Gasteiger partial charge is 0.381 e. The van der Waals surface area contributed by atoms with Crippen LogP contribution in [0.1, 0.15) is 37.8 Å². The Morgan fingerprint density at radius 2 is 2.05 bits per heavy atom. The summed E-state index contributed by atoms with van der Waals surface area (Å²) in [4.78, 5) is 11.2. The van der Waals surface area contributed by atoms with Gasteiger partial charge in [-0.1, -0.05) is 25.4 Å². The van der Waals surface area contributed by atoms with E-state index in [1.807, 2.05) is 13.8 Å². The van der Waals surface area contributed by atoms with Gasteiger partial charge in [-0.15, -0.1) is 0 Å². The van der Waals surface area contributed by atoms with Gasteiger partial charge >= 0.3 is 12.3 Å². The summed E-state index contributed by atoms with van der Waals surface area (Å²) >= 11 is 6.04. The third-order valence-corrected chi connectivity index (χ3v) is 3.02. The number of hydrogen-bond donors (Lipinski definition) is 0. The number of benzene rings is 1. The van der Waals surface area contributed by atoms with Crippen molar-refractivity contribution in [3.05, 3.63) is 28.3 Å². The van der Waals surface area contributed by atoms with E-state index in [0.717, 1.165) is 11.1 Å². The Morgan fingerprint density at radius 1 is 1.42 bits per heavy atom. The summed E-state index contributed by atoms with van der Waals surface area (Å²) in [6, 6.07) is 3.36. The summed E-state index contributed by atoms with van der Waals surface area (Å²) in [6.45, 7) is 7.38. The predicted molar refractivity (Wildman–Crippen MR) is 72.4 cm³/mol. The number of aryl methyl sites for hydroxylation is 1. The number of carbonyl (C=O) groups is 1. The third-order valence-electron chi connectivity index (χ3n) is 2.62. The topological polar surface area (TPSA) is 35.5 Å². The summed E-state index contributed by atoms with van der Waals surface area (Å²) in [6.07, 6.45) is -2.13. The number of rotatable bonds is 5. The van der Waals surface area contributed by atoms with E-state index in [-0.39, 0.29) is 12.5 Å². The first-order valence-corrected chi connectivity index (χ1v) is 6.52. The van der Waals surface area contributed by atoms with Gasteiger partial charge in [0.1, 0.15) is 5.75 Å². The molecule has 1 rings (SSSR count). The second-order valence-corrected chi connectivity index (χ2v) is 4.89. The van der Waals surface area contributed by atoms with E-state index >= 15 is 0 Å². The number of halogens is 2. The van der Waals surface area contributed by atoms with Gasteiger partial charge in [-0.25, -0.2) is 4.79 Å². The summed E-state index contributed by atoms with van der Waals surface area (Å²) in [7, 11) is 0. The Bertz CT molecular complexity index is 460. The van der Waals surface area contributed by atoms with Gasteiger partial charge in [0, 0.05) is 5.02 Å². The first kappa shape index (κ1) is 15.8. The molecule has 19 heavy (non-hydrogen) atoms. The highest BCUT2D eigenvalue weighted by Gasteiger charge is 2.22. The minimum Gasteiger partial charge on any atom is -0.461 e. The molecule has 0 aromatic heterocycles. The minimum atomic E-state index is -2.13. The zero-order valence-corrected chi connectivity index (χ0v) is 12.3. The highest BCUT2D eigenvalue weighted by Crippen LogP contribution is 2.32. The Balaban J connectivity index is 2.99. The van der Waals surface area contributed by atoms with Crippen molar-refractivity contribution in [2.24, 2.45) is 0 Å². The fourth-order valence-corrected chi connectivity index (χ4v) is 1.76. The number of esters is 1. The zero-order chi connectivity index (χ0) is 14.6. The normalized spacial score (nSPS) is 12.4. The largest absolute Gasteiger partial charge is 0.461 e. The fourth-order valence-electron chi connectivity index (χ4n) is 1.59. The van der Waals surface area contributed by atoms with E-state index in [9.17, 15) is 9.18 Å². The molecule has 1 unspecified atom stereocenters. The van der Waals surface area contributed by atoms with Gasteiger partial charge < -0.3 is 9.47 Å². The van der Waals surface area contributed by atoms with Crippen LogP contribution in [0.15, 0.2) is 12.1 Å². The van der Waals surface area contributed by atoms with E-state index in [0.29, 0.717) is 10.8 Å².